The lowest BCUT2D eigenvalue weighted by Crippen LogP contribution is -2.44. The Labute approximate surface area is 252 Å². The summed E-state index contributed by atoms with van der Waals surface area (Å²) in [7, 11) is 0. The average Bonchev–Trinajstić information content (AvgIpc) is 3.69. The van der Waals surface area contributed by atoms with Crippen molar-refractivity contribution in [3.05, 3.63) is 46.9 Å². The van der Waals surface area contributed by atoms with E-state index >= 15 is 0 Å². The zero-order valence-electron chi connectivity index (χ0n) is 24.6. The first kappa shape index (κ1) is 27.0. The molecule has 3 aromatic rings. The van der Waals surface area contributed by atoms with Crippen LogP contribution in [0.2, 0.25) is 0 Å². The number of aromatic hydroxyl groups is 1. The molecule has 2 bridgehead atoms. The number of hydrogen-bond acceptors (Lipinski definition) is 8. The van der Waals surface area contributed by atoms with Gasteiger partial charge in [0.2, 0.25) is 0 Å². The maximum absolute atomic E-state index is 14.8. The van der Waals surface area contributed by atoms with Gasteiger partial charge in [-0.25, -0.2) is 4.39 Å². The fraction of sp³-hybridized carbons (Fsp3) is 0.529. The number of terminal acetylenes is 1. The molecule has 1 aromatic heterocycles. The van der Waals surface area contributed by atoms with E-state index in [2.05, 4.69) is 25.9 Å². The molecule has 6 heterocycles. The Morgan fingerprint density at radius 1 is 1.12 bits per heavy atom. The monoisotopic (exact) mass is 582 g/mol. The lowest BCUT2D eigenvalue weighted by Gasteiger charge is -2.35. The molecule has 5 aliphatic heterocycles. The molecule has 8 nitrogen and oxygen atoms in total. The predicted molar refractivity (Wildman–Crippen MR) is 165 cm³/mol. The van der Waals surface area contributed by atoms with Crippen LogP contribution in [0.3, 0.4) is 0 Å². The lowest BCUT2D eigenvalue weighted by atomic mass is 9.95. The van der Waals surface area contributed by atoms with E-state index in [4.69, 9.17) is 21.1 Å². The Morgan fingerprint density at radius 3 is 2.81 bits per heavy atom. The Morgan fingerprint density at radius 2 is 1.98 bits per heavy atom. The zero-order valence-corrected chi connectivity index (χ0v) is 24.6. The molecule has 9 heteroatoms. The molecule has 5 aliphatic rings. The summed E-state index contributed by atoms with van der Waals surface area (Å²) in [5.74, 6) is 3.96. The Kier molecular flexibility index (Phi) is 6.61. The Balaban J connectivity index is 1.17. The predicted octanol–water partition coefficient (Wildman–Crippen LogP) is 4.21. The van der Waals surface area contributed by atoms with Gasteiger partial charge in [0.05, 0.1) is 23.3 Å². The van der Waals surface area contributed by atoms with E-state index < -0.39 is 5.82 Å². The summed E-state index contributed by atoms with van der Waals surface area (Å²) < 4.78 is 21.4. The molecular weight excluding hydrogens is 543 g/mol. The molecule has 0 radical (unpaired) electrons. The first-order valence-corrected chi connectivity index (χ1v) is 15.9. The molecule has 2 N–H and O–H groups in total. The van der Waals surface area contributed by atoms with Crippen LogP contribution in [-0.4, -0.2) is 77.4 Å². The van der Waals surface area contributed by atoms with Crippen LogP contribution >= 0.6 is 0 Å². The van der Waals surface area contributed by atoms with E-state index in [-0.39, 0.29) is 16.9 Å². The number of phenolic OH excluding ortho intramolecular Hbond substituents is 1. The molecule has 2 unspecified atom stereocenters. The maximum Gasteiger partial charge on any atom is 0.318 e. The molecule has 0 aliphatic carbocycles. The number of fused-ring (bicyclic) bond motifs is 5. The highest BCUT2D eigenvalue weighted by atomic mass is 19.1. The van der Waals surface area contributed by atoms with Gasteiger partial charge >= 0.3 is 6.01 Å². The summed E-state index contributed by atoms with van der Waals surface area (Å²) in [6, 6.07) is 7.30. The fourth-order valence-corrected chi connectivity index (χ4v) is 8.52. The van der Waals surface area contributed by atoms with Crippen LogP contribution in [0.15, 0.2) is 24.3 Å². The first-order valence-electron chi connectivity index (χ1n) is 15.9. The normalized spacial score (nSPS) is 24.6. The Bertz CT molecular complexity index is 1610. The van der Waals surface area contributed by atoms with Crippen molar-refractivity contribution in [3.63, 3.8) is 0 Å². The minimum atomic E-state index is -0.434. The number of benzene rings is 2. The van der Waals surface area contributed by atoms with Crippen molar-refractivity contribution < 1.29 is 14.2 Å². The third kappa shape index (κ3) is 4.67. The molecule has 4 fully saturated rings. The van der Waals surface area contributed by atoms with Crippen molar-refractivity contribution in [1.29, 1.82) is 0 Å². The van der Waals surface area contributed by atoms with E-state index in [0.29, 0.717) is 42.5 Å². The van der Waals surface area contributed by atoms with Gasteiger partial charge in [-0.2, -0.15) is 9.97 Å². The molecular formula is C34H39FN6O2. The van der Waals surface area contributed by atoms with E-state index in [1.807, 2.05) is 0 Å². The second kappa shape index (κ2) is 10.5. The van der Waals surface area contributed by atoms with Crippen molar-refractivity contribution in [2.75, 3.05) is 55.7 Å². The van der Waals surface area contributed by atoms with Crippen LogP contribution in [0.4, 0.5) is 15.9 Å². The SMILES string of the molecule is C#Cc1c(F)ccc2cc(O)cc(N3CCc4c(nc(OCC56CCCN5CCC6)nc4N4CCC5CNC(C5)C4)C3)c12. The topological polar surface area (TPSA) is 77.0 Å². The molecule has 2 atom stereocenters. The molecule has 2 aromatic carbocycles. The van der Waals surface area contributed by atoms with Crippen LogP contribution in [0, 0.1) is 24.1 Å². The standard InChI is InChI=1S/C34H39FN6O2/c1-2-26-28(35)6-5-23-16-25(42)17-30(31(23)26)39-14-8-27-29(20-39)37-33(43-21-34-9-3-11-41(34)12-4-10-34)38-32(27)40-13-7-22-15-24(19-40)36-18-22/h1,5-6,16-17,22,24,36,42H,3-4,7-15,18-21H2. The van der Waals surface area contributed by atoms with Crippen LogP contribution in [0.1, 0.15) is 55.3 Å². The highest BCUT2D eigenvalue weighted by Gasteiger charge is 2.45. The fourth-order valence-electron chi connectivity index (χ4n) is 8.52. The van der Waals surface area contributed by atoms with Gasteiger partial charge in [-0.1, -0.05) is 12.0 Å². The maximum atomic E-state index is 14.8. The third-order valence-corrected chi connectivity index (χ3v) is 10.7. The van der Waals surface area contributed by atoms with Crippen LogP contribution in [0.5, 0.6) is 11.8 Å². The molecule has 0 saturated carbocycles. The van der Waals surface area contributed by atoms with Crippen molar-refractivity contribution in [1.82, 2.24) is 20.2 Å². The smallest absolute Gasteiger partial charge is 0.318 e. The van der Waals surface area contributed by atoms with E-state index in [1.54, 1.807) is 18.2 Å². The number of nitrogens with zero attached hydrogens (tertiary/aromatic N) is 5. The van der Waals surface area contributed by atoms with Gasteiger partial charge < -0.3 is 25.0 Å². The molecule has 224 valence electrons. The third-order valence-electron chi connectivity index (χ3n) is 10.7. The number of aromatic nitrogens is 2. The molecule has 8 rings (SSSR count). The second-order valence-electron chi connectivity index (χ2n) is 13.2. The number of hydrogen-bond donors (Lipinski definition) is 2. The van der Waals surface area contributed by atoms with Crippen molar-refractivity contribution >= 4 is 22.3 Å². The summed E-state index contributed by atoms with van der Waals surface area (Å²) in [5.41, 5.74) is 3.13. The van der Waals surface area contributed by atoms with Crippen LogP contribution < -0.4 is 19.9 Å². The zero-order chi connectivity index (χ0) is 29.1. The number of ether oxygens (including phenoxy) is 1. The van der Waals surface area contributed by atoms with Crippen LogP contribution in [0.25, 0.3) is 10.8 Å². The van der Waals surface area contributed by atoms with E-state index in [9.17, 15) is 9.50 Å². The van der Waals surface area contributed by atoms with Crippen molar-refractivity contribution in [3.8, 4) is 24.1 Å². The van der Waals surface area contributed by atoms with Crippen molar-refractivity contribution in [2.24, 2.45) is 5.92 Å². The van der Waals surface area contributed by atoms with Gasteiger partial charge in [-0.05, 0) is 88.0 Å². The van der Waals surface area contributed by atoms with Crippen LogP contribution in [-0.2, 0) is 13.0 Å². The Hall–Kier alpha value is -3.61. The van der Waals surface area contributed by atoms with Gasteiger partial charge in [-0.15, -0.1) is 6.42 Å². The first-order chi connectivity index (χ1) is 21.0. The number of nitrogens with one attached hydrogen (secondary N) is 1. The van der Waals surface area contributed by atoms with Crippen molar-refractivity contribution in [2.45, 2.75) is 63.1 Å². The summed E-state index contributed by atoms with van der Waals surface area (Å²) >= 11 is 0. The summed E-state index contributed by atoms with van der Waals surface area (Å²) in [4.78, 5) is 17.4. The summed E-state index contributed by atoms with van der Waals surface area (Å²) in [5, 5.41) is 15.7. The molecule has 4 saturated heterocycles. The number of rotatable bonds is 5. The van der Waals surface area contributed by atoms with Gasteiger partial charge in [-0.3, -0.25) is 4.90 Å². The minimum Gasteiger partial charge on any atom is -0.508 e. The minimum absolute atomic E-state index is 0.104. The van der Waals surface area contributed by atoms with E-state index in [0.717, 1.165) is 87.1 Å². The molecule has 0 spiro atoms. The summed E-state index contributed by atoms with van der Waals surface area (Å²) in [6.07, 6.45) is 13.7. The second-order valence-corrected chi connectivity index (χ2v) is 13.2. The quantitative estimate of drug-likeness (QED) is 0.434. The number of phenols is 1. The van der Waals surface area contributed by atoms with E-state index in [1.165, 1.54) is 25.3 Å². The molecule has 43 heavy (non-hydrogen) atoms. The summed E-state index contributed by atoms with van der Waals surface area (Å²) in [6.45, 7) is 7.11. The highest BCUT2D eigenvalue weighted by molar-refractivity contribution is 6.00. The molecule has 0 amide bonds. The van der Waals surface area contributed by atoms with Gasteiger partial charge in [0, 0.05) is 48.4 Å². The van der Waals surface area contributed by atoms with Gasteiger partial charge in [0.1, 0.15) is 24.0 Å². The largest absolute Gasteiger partial charge is 0.508 e. The van der Waals surface area contributed by atoms with Gasteiger partial charge in [0.25, 0.3) is 0 Å². The number of halogens is 1. The highest BCUT2D eigenvalue weighted by Crippen LogP contribution is 2.41. The van der Waals surface area contributed by atoms with Gasteiger partial charge in [0.15, 0.2) is 0 Å². The average molecular weight is 583 g/mol. The lowest BCUT2D eigenvalue weighted by molar-refractivity contribution is 0.107. The number of anilines is 2.